The van der Waals surface area contributed by atoms with E-state index in [9.17, 15) is 4.79 Å². The Hall–Kier alpha value is -1.63. The Morgan fingerprint density at radius 3 is 2.78 bits per heavy atom. The molecule has 6 nitrogen and oxygen atoms in total. The van der Waals surface area contributed by atoms with E-state index < -0.39 is 0 Å². The maximum Gasteiger partial charge on any atom is 0.251 e. The van der Waals surface area contributed by atoms with Crippen molar-refractivity contribution in [1.29, 1.82) is 0 Å². The van der Waals surface area contributed by atoms with E-state index in [0.717, 1.165) is 38.3 Å². The highest BCUT2D eigenvalue weighted by atomic mass is 16.5. The molecule has 1 heterocycles. The van der Waals surface area contributed by atoms with Crippen LogP contribution in [-0.2, 0) is 9.47 Å². The molecule has 1 aliphatic heterocycles. The standard InChI is InChI=1S/C17H26N2O4/c1-21-12-10-18-8-9-19-17(20)14-4-6-15(7-5-14)23-13-16-3-2-11-22-16/h4-7,16,18H,2-3,8-13H2,1H3,(H,19,20). The van der Waals surface area contributed by atoms with Gasteiger partial charge in [-0.15, -0.1) is 0 Å². The van der Waals surface area contributed by atoms with Crippen LogP contribution in [0, 0.1) is 0 Å². The smallest absolute Gasteiger partial charge is 0.251 e. The molecule has 1 amide bonds. The Bertz CT molecular complexity index is 458. The van der Waals surface area contributed by atoms with Gasteiger partial charge in [0, 0.05) is 38.9 Å². The Kier molecular flexibility index (Phi) is 7.86. The second-order valence-electron chi connectivity index (χ2n) is 5.47. The molecule has 23 heavy (non-hydrogen) atoms. The number of amides is 1. The molecule has 1 saturated heterocycles. The summed E-state index contributed by atoms with van der Waals surface area (Å²) in [5.74, 6) is 0.683. The molecule has 0 aromatic heterocycles. The van der Waals surface area contributed by atoms with Crippen molar-refractivity contribution < 1.29 is 19.0 Å². The van der Waals surface area contributed by atoms with Gasteiger partial charge in [0.2, 0.25) is 0 Å². The summed E-state index contributed by atoms with van der Waals surface area (Å²) in [6, 6.07) is 7.19. The zero-order valence-electron chi connectivity index (χ0n) is 13.7. The molecular formula is C17H26N2O4. The van der Waals surface area contributed by atoms with Crippen LogP contribution in [-0.4, -0.2) is 58.6 Å². The number of ether oxygens (including phenoxy) is 3. The minimum absolute atomic E-state index is 0.0794. The van der Waals surface area contributed by atoms with Crippen LogP contribution in [0.1, 0.15) is 23.2 Å². The highest BCUT2D eigenvalue weighted by Crippen LogP contribution is 2.16. The van der Waals surface area contributed by atoms with Crippen molar-refractivity contribution in [3.8, 4) is 5.75 Å². The van der Waals surface area contributed by atoms with E-state index in [1.165, 1.54) is 0 Å². The third-order valence-corrected chi connectivity index (χ3v) is 3.65. The van der Waals surface area contributed by atoms with Gasteiger partial charge in [0.25, 0.3) is 5.91 Å². The SMILES string of the molecule is COCCNCCNC(=O)c1ccc(OCC2CCCO2)cc1. The number of carbonyl (C=O) groups is 1. The zero-order chi connectivity index (χ0) is 16.3. The van der Waals surface area contributed by atoms with Crippen LogP contribution in [0.15, 0.2) is 24.3 Å². The van der Waals surface area contributed by atoms with Crippen molar-refractivity contribution in [1.82, 2.24) is 10.6 Å². The van der Waals surface area contributed by atoms with Crippen LogP contribution in [0.2, 0.25) is 0 Å². The van der Waals surface area contributed by atoms with Crippen molar-refractivity contribution >= 4 is 5.91 Å². The molecule has 1 fully saturated rings. The summed E-state index contributed by atoms with van der Waals surface area (Å²) in [5.41, 5.74) is 0.631. The van der Waals surface area contributed by atoms with Crippen LogP contribution < -0.4 is 15.4 Å². The van der Waals surface area contributed by atoms with Crippen LogP contribution in [0.4, 0.5) is 0 Å². The molecule has 0 aliphatic carbocycles. The van der Waals surface area contributed by atoms with Gasteiger partial charge < -0.3 is 24.8 Å². The Morgan fingerprint density at radius 1 is 1.26 bits per heavy atom. The summed E-state index contributed by atoms with van der Waals surface area (Å²) < 4.78 is 16.1. The lowest BCUT2D eigenvalue weighted by Gasteiger charge is -2.12. The number of methoxy groups -OCH3 is 1. The van der Waals surface area contributed by atoms with Gasteiger partial charge in [-0.1, -0.05) is 0 Å². The number of rotatable bonds is 10. The van der Waals surface area contributed by atoms with Crippen molar-refractivity contribution in [2.24, 2.45) is 0 Å². The van der Waals surface area contributed by atoms with Crippen LogP contribution in [0.5, 0.6) is 5.75 Å². The average Bonchev–Trinajstić information content (AvgIpc) is 3.10. The normalized spacial score (nSPS) is 17.2. The Balaban J connectivity index is 1.65. The highest BCUT2D eigenvalue weighted by Gasteiger charge is 2.16. The van der Waals surface area contributed by atoms with Gasteiger partial charge in [0.05, 0.1) is 12.7 Å². The second-order valence-corrected chi connectivity index (χ2v) is 5.47. The van der Waals surface area contributed by atoms with Crippen molar-refractivity contribution in [2.45, 2.75) is 18.9 Å². The molecule has 1 aliphatic rings. The molecule has 1 unspecified atom stereocenters. The number of benzene rings is 1. The van der Waals surface area contributed by atoms with Gasteiger partial charge in [-0.25, -0.2) is 0 Å². The molecule has 128 valence electrons. The van der Waals surface area contributed by atoms with E-state index in [2.05, 4.69) is 10.6 Å². The lowest BCUT2D eigenvalue weighted by atomic mass is 10.2. The van der Waals surface area contributed by atoms with Crippen molar-refractivity contribution in [3.63, 3.8) is 0 Å². The largest absolute Gasteiger partial charge is 0.491 e. The summed E-state index contributed by atoms with van der Waals surface area (Å²) in [4.78, 5) is 12.0. The fourth-order valence-corrected chi connectivity index (χ4v) is 2.33. The Labute approximate surface area is 137 Å². The van der Waals surface area contributed by atoms with Crippen LogP contribution in [0.3, 0.4) is 0 Å². The fraction of sp³-hybridized carbons (Fsp3) is 0.588. The molecule has 0 bridgehead atoms. The quantitative estimate of drug-likeness (QED) is 0.634. The molecule has 0 radical (unpaired) electrons. The van der Waals surface area contributed by atoms with Gasteiger partial charge in [-0.05, 0) is 37.1 Å². The first-order chi connectivity index (χ1) is 11.3. The summed E-state index contributed by atoms with van der Waals surface area (Å²) in [6.45, 7) is 4.15. The first kappa shape index (κ1) is 17.7. The zero-order valence-corrected chi connectivity index (χ0v) is 13.7. The van der Waals surface area contributed by atoms with Gasteiger partial charge in [-0.2, -0.15) is 0 Å². The molecular weight excluding hydrogens is 296 g/mol. The highest BCUT2D eigenvalue weighted by molar-refractivity contribution is 5.94. The van der Waals surface area contributed by atoms with E-state index in [1.54, 1.807) is 19.2 Å². The van der Waals surface area contributed by atoms with Gasteiger partial charge >= 0.3 is 0 Å². The lowest BCUT2D eigenvalue weighted by molar-refractivity contribution is 0.0679. The fourth-order valence-electron chi connectivity index (χ4n) is 2.33. The van der Waals surface area contributed by atoms with E-state index in [1.807, 2.05) is 12.1 Å². The third kappa shape index (κ3) is 6.56. The topological polar surface area (TPSA) is 68.8 Å². The predicted octanol–water partition coefficient (Wildman–Crippen LogP) is 1.21. The molecule has 2 N–H and O–H groups in total. The maximum absolute atomic E-state index is 12.0. The molecule has 0 spiro atoms. The Morgan fingerprint density at radius 2 is 2.09 bits per heavy atom. The average molecular weight is 322 g/mol. The number of nitrogens with one attached hydrogen (secondary N) is 2. The van der Waals surface area contributed by atoms with Gasteiger partial charge in [0.1, 0.15) is 12.4 Å². The van der Waals surface area contributed by atoms with E-state index in [-0.39, 0.29) is 12.0 Å². The van der Waals surface area contributed by atoms with E-state index in [4.69, 9.17) is 14.2 Å². The maximum atomic E-state index is 12.0. The van der Waals surface area contributed by atoms with Crippen LogP contribution in [0.25, 0.3) is 0 Å². The number of hydrogen-bond donors (Lipinski definition) is 2. The number of carbonyl (C=O) groups excluding carboxylic acids is 1. The third-order valence-electron chi connectivity index (χ3n) is 3.65. The summed E-state index contributed by atoms with van der Waals surface area (Å²) in [7, 11) is 1.66. The van der Waals surface area contributed by atoms with Gasteiger partial charge in [-0.3, -0.25) is 4.79 Å². The van der Waals surface area contributed by atoms with Crippen molar-refractivity contribution in [2.75, 3.05) is 46.6 Å². The van der Waals surface area contributed by atoms with Gasteiger partial charge in [0.15, 0.2) is 0 Å². The van der Waals surface area contributed by atoms with E-state index in [0.29, 0.717) is 25.3 Å². The molecule has 0 saturated carbocycles. The van der Waals surface area contributed by atoms with Crippen LogP contribution >= 0.6 is 0 Å². The summed E-state index contributed by atoms with van der Waals surface area (Å²) in [6.07, 6.45) is 2.36. The predicted molar refractivity (Wildman–Crippen MR) is 88.0 cm³/mol. The molecule has 1 aromatic rings. The molecule has 2 rings (SSSR count). The first-order valence-corrected chi connectivity index (χ1v) is 8.12. The monoisotopic (exact) mass is 322 g/mol. The van der Waals surface area contributed by atoms with Crippen molar-refractivity contribution in [3.05, 3.63) is 29.8 Å². The summed E-state index contributed by atoms with van der Waals surface area (Å²) in [5, 5.41) is 6.04. The second kappa shape index (κ2) is 10.2. The minimum atomic E-state index is -0.0794. The lowest BCUT2D eigenvalue weighted by Crippen LogP contribution is -2.33. The molecule has 1 aromatic carbocycles. The summed E-state index contributed by atoms with van der Waals surface area (Å²) >= 11 is 0. The molecule has 1 atom stereocenters. The first-order valence-electron chi connectivity index (χ1n) is 8.12. The number of hydrogen-bond acceptors (Lipinski definition) is 5. The minimum Gasteiger partial charge on any atom is -0.491 e. The molecule has 6 heteroatoms. The van der Waals surface area contributed by atoms with E-state index >= 15 is 0 Å².